The first-order chi connectivity index (χ1) is 10.3. The van der Waals surface area contributed by atoms with Gasteiger partial charge >= 0.3 is 0 Å². The Kier molecular flexibility index (Phi) is 3.94. The molecule has 1 aliphatic carbocycles. The minimum Gasteiger partial charge on any atom is -0.304 e. The maximum Gasteiger partial charge on any atom is 0.287 e. The van der Waals surface area contributed by atoms with Gasteiger partial charge in [0.25, 0.3) is 11.6 Å². The Labute approximate surface area is 135 Å². The number of piperazine rings is 1. The van der Waals surface area contributed by atoms with Crippen LogP contribution in [0.4, 0.5) is 14.5 Å². The molecule has 1 heterocycles. The molecule has 1 fully saturated rings. The number of nitro benzene ring substituents is 1. The first kappa shape index (κ1) is 15.8. The SMILES string of the molecule is CN1CCN(C2c3ccc([N+](=O)[O-])cc3C(F)(F)C2Br)CC1. The summed E-state index contributed by atoms with van der Waals surface area (Å²) >= 11 is 3.14. The number of likely N-dealkylation sites (N-methyl/N-ethyl adjacent to an activating group) is 1. The fourth-order valence-corrected chi connectivity index (χ4v) is 4.06. The van der Waals surface area contributed by atoms with Gasteiger partial charge in [-0.15, -0.1) is 0 Å². The molecule has 0 N–H and O–H groups in total. The quantitative estimate of drug-likeness (QED) is 0.453. The molecular formula is C14H16BrF2N3O2. The van der Waals surface area contributed by atoms with Crippen LogP contribution >= 0.6 is 15.9 Å². The van der Waals surface area contributed by atoms with Crippen LogP contribution in [0.2, 0.25) is 0 Å². The van der Waals surface area contributed by atoms with Gasteiger partial charge in [0.2, 0.25) is 0 Å². The van der Waals surface area contributed by atoms with Crippen molar-refractivity contribution >= 4 is 21.6 Å². The van der Waals surface area contributed by atoms with Crippen molar-refractivity contribution in [3.63, 3.8) is 0 Å². The van der Waals surface area contributed by atoms with Crippen LogP contribution < -0.4 is 0 Å². The molecule has 0 saturated carbocycles. The summed E-state index contributed by atoms with van der Waals surface area (Å²) in [5.74, 6) is -3.12. The van der Waals surface area contributed by atoms with Crippen molar-refractivity contribution in [3.05, 3.63) is 39.4 Å². The summed E-state index contributed by atoms with van der Waals surface area (Å²) in [6.07, 6.45) is 0. The van der Waals surface area contributed by atoms with E-state index in [1.807, 2.05) is 11.9 Å². The topological polar surface area (TPSA) is 49.6 Å². The van der Waals surface area contributed by atoms with Crippen LogP contribution in [0.1, 0.15) is 17.2 Å². The summed E-state index contributed by atoms with van der Waals surface area (Å²) in [6, 6.07) is 3.34. The predicted octanol–water partition coefficient (Wildman–Crippen LogP) is 2.75. The van der Waals surface area contributed by atoms with Crippen LogP contribution in [0.15, 0.2) is 18.2 Å². The average Bonchev–Trinajstić information content (AvgIpc) is 2.68. The van der Waals surface area contributed by atoms with E-state index in [0.717, 1.165) is 19.2 Å². The van der Waals surface area contributed by atoms with Gasteiger partial charge in [0, 0.05) is 43.9 Å². The zero-order valence-corrected chi connectivity index (χ0v) is 13.6. The lowest BCUT2D eigenvalue weighted by atomic mass is 10.1. The number of hydrogen-bond acceptors (Lipinski definition) is 4. The molecule has 2 unspecified atom stereocenters. The van der Waals surface area contributed by atoms with Crippen molar-refractivity contribution in [3.8, 4) is 0 Å². The van der Waals surface area contributed by atoms with E-state index in [-0.39, 0.29) is 11.3 Å². The number of non-ortho nitro benzene ring substituents is 1. The Morgan fingerprint density at radius 2 is 1.95 bits per heavy atom. The molecule has 1 aromatic carbocycles. The van der Waals surface area contributed by atoms with E-state index >= 15 is 0 Å². The molecule has 8 heteroatoms. The number of halogens is 3. The van der Waals surface area contributed by atoms with E-state index in [4.69, 9.17) is 0 Å². The highest BCUT2D eigenvalue weighted by Crippen LogP contribution is 2.54. The van der Waals surface area contributed by atoms with E-state index in [9.17, 15) is 18.9 Å². The number of benzene rings is 1. The van der Waals surface area contributed by atoms with Gasteiger partial charge in [-0.25, -0.2) is 0 Å². The number of fused-ring (bicyclic) bond motifs is 1. The summed E-state index contributed by atoms with van der Waals surface area (Å²) in [7, 11) is 2.00. The molecule has 0 bridgehead atoms. The van der Waals surface area contributed by atoms with Crippen LogP contribution in [0.25, 0.3) is 0 Å². The minimum atomic E-state index is -3.12. The van der Waals surface area contributed by atoms with Crippen molar-refractivity contribution in [2.45, 2.75) is 16.8 Å². The van der Waals surface area contributed by atoms with Gasteiger partial charge in [-0.2, -0.15) is 8.78 Å². The van der Waals surface area contributed by atoms with Crippen molar-refractivity contribution in [1.29, 1.82) is 0 Å². The van der Waals surface area contributed by atoms with E-state index in [1.165, 1.54) is 12.1 Å². The zero-order valence-electron chi connectivity index (χ0n) is 12.0. The molecule has 1 aromatic rings. The standard InChI is InChI=1S/C14H16BrF2N3O2/c1-18-4-6-19(7-5-18)12-10-3-2-9(20(21)22)8-11(10)14(16,17)13(12)15/h2-3,8,12-13H,4-7H2,1H3. The fraction of sp³-hybridized carbons (Fsp3) is 0.571. The first-order valence-electron chi connectivity index (χ1n) is 7.05. The average molecular weight is 376 g/mol. The maximum atomic E-state index is 14.5. The number of rotatable bonds is 2. The summed E-state index contributed by atoms with van der Waals surface area (Å²) in [5.41, 5.74) is -0.0355. The smallest absolute Gasteiger partial charge is 0.287 e. The van der Waals surface area contributed by atoms with Crippen LogP contribution in [0.3, 0.4) is 0 Å². The molecule has 3 rings (SSSR count). The van der Waals surface area contributed by atoms with E-state index in [2.05, 4.69) is 20.8 Å². The summed E-state index contributed by atoms with van der Waals surface area (Å²) < 4.78 is 29.1. The van der Waals surface area contributed by atoms with Crippen molar-refractivity contribution < 1.29 is 13.7 Å². The number of nitrogens with zero attached hydrogens (tertiary/aromatic N) is 3. The first-order valence-corrected chi connectivity index (χ1v) is 7.97. The Bertz CT molecular complexity index is 606. The number of hydrogen-bond donors (Lipinski definition) is 0. The monoisotopic (exact) mass is 375 g/mol. The van der Waals surface area contributed by atoms with Crippen molar-refractivity contribution in [2.75, 3.05) is 33.2 Å². The molecule has 1 saturated heterocycles. The Hall–Kier alpha value is -1.12. The van der Waals surface area contributed by atoms with Crippen LogP contribution in [0.5, 0.6) is 0 Å². The molecule has 0 radical (unpaired) electrons. The second-order valence-corrected chi connectivity index (χ2v) is 6.82. The molecule has 120 valence electrons. The number of nitro groups is 1. The van der Waals surface area contributed by atoms with Crippen molar-refractivity contribution in [1.82, 2.24) is 9.80 Å². The largest absolute Gasteiger partial charge is 0.304 e. The normalized spacial score (nSPS) is 28.5. The van der Waals surface area contributed by atoms with Gasteiger partial charge in [0.1, 0.15) is 4.83 Å². The Morgan fingerprint density at radius 1 is 1.32 bits per heavy atom. The summed E-state index contributed by atoms with van der Waals surface area (Å²) in [4.78, 5) is 13.3. The predicted molar refractivity (Wildman–Crippen MR) is 81.5 cm³/mol. The van der Waals surface area contributed by atoms with E-state index in [0.29, 0.717) is 18.7 Å². The minimum absolute atomic E-state index is 0.229. The van der Waals surface area contributed by atoms with Crippen LogP contribution in [-0.2, 0) is 5.92 Å². The Balaban J connectivity index is 1.99. The molecule has 1 aliphatic heterocycles. The van der Waals surface area contributed by atoms with Crippen LogP contribution in [-0.4, -0.2) is 52.8 Å². The highest BCUT2D eigenvalue weighted by Gasteiger charge is 2.55. The molecule has 0 amide bonds. The fourth-order valence-electron chi connectivity index (χ4n) is 3.19. The molecule has 5 nitrogen and oxygen atoms in total. The van der Waals surface area contributed by atoms with Gasteiger partial charge in [-0.05, 0) is 12.6 Å². The number of alkyl halides is 3. The second kappa shape index (κ2) is 5.50. The zero-order chi connectivity index (χ0) is 16.1. The summed E-state index contributed by atoms with van der Waals surface area (Å²) in [5, 5.41) is 10.8. The van der Waals surface area contributed by atoms with Gasteiger partial charge in [0.05, 0.1) is 11.0 Å². The highest BCUT2D eigenvalue weighted by atomic mass is 79.9. The second-order valence-electron chi connectivity index (χ2n) is 5.84. The van der Waals surface area contributed by atoms with Gasteiger partial charge in [-0.3, -0.25) is 15.0 Å². The van der Waals surface area contributed by atoms with Crippen LogP contribution in [0, 0.1) is 10.1 Å². The molecule has 22 heavy (non-hydrogen) atoms. The Morgan fingerprint density at radius 3 is 2.55 bits per heavy atom. The van der Waals surface area contributed by atoms with E-state index < -0.39 is 21.7 Å². The lowest BCUT2D eigenvalue weighted by molar-refractivity contribution is -0.385. The molecule has 2 atom stereocenters. The highest BCUT2D eigenvalue weighted by molar-refractivity contribution is 9.09. The third-order valence-corrected chi connectivity index (χ3v) is 5.56. The summed E-state index contributed by atoms with van der Waals surface area (Å²) in [6.45, 7) is 3.06. The molecular weight excluding hydrogens is 360 g/mol. The maximum absolute atomic E-state index is 14.5. The molecule has 2 aliphatic rings. The third-order valence-electron chi connectivity index (χ3n) is 4.48. The van der Waals surface area contributed by atoms with Gasteiger partial charge < -0.3 is 4.90 Å². The van der Waals surface area contributed by atoms with E-state index in [1.54, 1.807) is 0 Å². The van der Waals surface area contributed by atoms with Gasteiger partial charge in [0.15, 0.2) is 0 Å². The third kappa shape index (κ3) is 2.43. The van der Waals surface area contributed by atoms with Crippen molar-refractivity contribution in [2.24, 2.45) is 0 Å². The van der Waals surface area contributed by atoms with Gasteiger partial charge in [-0.1, -0.05) is 22.0 Å². The molecule has 0 aromatic heterocycles. The lowest BCUT2D eigenvalue weighted by Crippen LogP contribution is -2.47. The molecule has 0 spiro atoms. The lowest BCUT2D eigenvalue weighted by Gasteiger charge is -2.38.